The number of hydrogen-bond donors (Lipinski definition) is 2. The Morgan fingerprint density at radius 2 is 2.05 bits per heavy atom. The fourth-order valence-corrected chi connectivity index (χ4v) is 1.43. The molecular weight excluding hydrogens is 242 g/mol. The van der Waals surface area contributed by atoms with Gasteiger partial charge in [0.2, 0.25) is 5.91 Å². The third kappa shape index (κ3) is 7.79. The van der Waals surface area contributed by atoms with Gasteiger partial charge >= 0.3 is 0 Å². The maximum Gasteiger partial charge on any atom is 0.233 e. The van der Waals surface area contributed by atoms with Gasteiger partial charge in [-0.3, -0.25) is 4.79 Å². The Morgan fingerprint density at radius 3 is 2.79 bits per heavy atom. The summed E-state index contributed by atoms with van der Waals surface area (Å²) in [4.78, 5) is 11.3. The molecule has 0 saturated heterocycles. The lowest BCUT2D eigenvalue weighted by molar-refractivity contribution is -0.120. The lowest BCUT2D eigenvalue weighted by Crippen LogP contribution is -2.34. The molecule has 0 atom stereocenters. The molecular formula is C14H19N3O2. The zero-order valence-electron chi connectivity index (χ0n) is 10.9. The summed E-state index contributed by atoms with van der Waals surface area (Å²) < 4.78 is 5.52. The van der Waals surface area contributed by atoms with E-state index in [-0.39, 0.29) is 12.5 Å². The standard InChI is InChI=1S/C14H19N3O2/c15-8-4-10-17-14(18)12-16-9-5-11-19-13-6-2-1-3-7-13/h1-3,6-7,16H,4-5,9-12H2,(H,17,18). The van der Waals surface area contributed by atoms with Crippen LogP contribution in [0.15, 0.2) is 30.3 Å². The van der Waals surface area contributed by atoms with Crippen molar-refractivity contribution in [2.75, 3.05) is 26.2 Å². The van der Waals surface area contributed by atoms with Gasteiger partial charge in [-0.1, -0.05) is 18.2 Å². The van der Waals surface area contributed by atoms with Crippen molar-refractivity contribution in [1.29, 1.82) is 5.26 Å². The van der Waals surface area contributed by atoms with E-state index in [9.17, 15) is 4.79 Å². The van der Waals surface area contributed by atoms with E-state index in [1.807, 2.05) is 36.4 Å². The molecule has 5 heteroatoms. The van der Waals surface area contributed by atoms with E-state index in [1.165, 1.54) is 0 Å². The number of nitriles is 1. The Morgan fingerprint density at radius 1 is 1.26 bits per heavy atom. The molecule has 0 radical (unpaired) electrons. The third-order valence-electron chi connectivity index (χ3n) is 2.35. The molecule has 0 aliphatic heterocycles. The monoisotopic (exact) mass is 261 g/mol. The average molecular weight is 261 g/mol. The molecule has 19 heavy (non-hydrogen) atoms. The lowest BCUT2D eigenvalue weighted by Gasteiger charge is -2.07. The number of carbonyl (C=O) groups excluding carboxylic acids is 1. The van der Waals surface area contributed by atoms with Gasteiger partial charge in [-0.2, -0.15) is 5.26 Å². The molecule has 1 rings (SSSR count). The molecule has 0 heterocycles. The number of nitrogens with zero attached hydrogens (tertiary/aromatic N) is 1. The first-order valence-corrected chi connectivity index (χ1v) is 6.35. The third-order valence-corrected chi connectivity index (χ3v) is 2.35. The van der Waals surface area contributed by atoms with E-state index >= 15 is 0 Å². The highest BCUT2D eigenvalue weighted by Crippen LogP contribution is 2.07. The highest BCUT2D eigenvalue weighted by atomic mass is 16.5. The minimum absolute atomic E-state index is 0.0840. The van der Waals surface area contributed by atoms with Gasteiger partial charge in [-0.25, -0.2) is 0 Å². The molecule has 0 saturated carbocycles. The smallest absolute Gasteiger partial charge is 0.233 e. The molecule has 2 N–H and O–H groups in total. The van der Waals surface area contributed by atoms with Crippen LogP contribution in [0, 0.1) is 11.3 Å². The van der Waals surface area contributed by atoms with Crippen LogP contribution in [0.2, 0.25) is 0 Å². The Hall–Kier alpha value is -2.06. The van der Waals surface area contributed by atoms with Crippen LogP contribution in [0.4, 0.5) is 0 Å². The van der Waals surface area contributed by atoms with Crippen molar-refractivity contribution in [2.45, 2.75) is 12.8 Å². The number of nitrogens with one attached hydrogen (secondary N) is 2. The van der Waals surface area contributed by atoms with E-state index in [0.29, 0.717) is 19.6 Å². The van der Waals surface area contributed by atoms with Gasteiger partial charge in [0.05, 0.1) is 25.6 Å². The summed E-state index contributed by atoms with van der Waals surface area (Å²) in [5.41, 5.74) is 0. The summed E-state index contributed by atoms with van der Waals surface area (Å²) in [7, 11) is 0. The SMILES string of the molecule is N#CCCNC(=O)CNCCCOc1ccccc1. The van der Waals surface area contributed by atoms with Gasteiger partial charge in [-0.05, 0) is 25.1 Å². The highest BCUT2D eigenvalue weighted by Gasteiger charge is 1.99. The number of benzene rings is 1. The predicted octanol–water partition coefficient (Wildman–Crippen LogP) is 1.07. The van der Waals surface area contributed by atoms with Crippen LogP contribution >= 0.6 is 0 Å². The number of para-hydroxylation sites is 1. The fourth-order valence-electron chi connectivity index (χ4n) is 1.43. The quantitative estimate of drug-likeness (QED) is 0.652. The van der Waals surface area contributed by atoms with Crippen molar-refractivity contribution < 1.29 is 9.53 Å². The average Bonchev–Trinajstić information content (AvgIpc) is 2.44. The molecule has 0 bridgehead atoms. The molecule has 5 nitrogen and oxygen atoms in total. The predicted molar refractivity (Wildman–Crippen MR) is 72.7 cm³/mol. The van der Waals surface area contributed by atoms with Crippen LogP contribution < -0.4 is 15.4 Å². The van der Waals surface area contributed by atoms with Gasteiger partial charge in [0, 0.05) is 6.54 Å². The van der Waals surface area contributed by atoms with E-state index in [0.717, 1.165) is 18.7 Å². The Bertz CT molecular complexity index is 401. The van der Waals surface area contributed by atoms with Crippen molar-refractivity contribution in [3.05, 3.63) is 30.3 Å². The zero-order valence-corrected chi connectivity index (χ0v) is 10.9. The van der Waals surface area contributed by atoms with E-state index in [2.05, 4.69) is 10.6 Å². The second-order valence-electron chi connectivity index (χ2n) is 3.95. The fraction of sp³-hybridized carbons (Fsp3) is 0.429. The van der Waals surface area contributed by atoms with Gasteiger partial charge in [0.15, 0.2) is 0 Å². The molecule has 0 fully saturated rings. The van der Waals surface area contributed by atoms with Crippen LogP contribution in [0.3, 0.4) is 0 Å². The normalized spacial score (nSPS) is 9.63. The van der Waals surface area contributed by atoms with E-state index in [4.69, 9.17) is 10.00 Å². The van der Waals surface area contributed by atoms with Crippen molar-refractivity contribution in [2.24, 2.45) is 0 Å². The maximum atomic E-state index is 11.3. The topological polar surface area (TPSA) is 74.2 Å². The molecule has 0 spiro atoms. The Labute approximate surface area is 113 Å². The van der Waals surface area contributed by atoms with Crippen LogP contribution in [0.1, 0.15) is 12.8 Å². The minimum Gasteiger partial charge on any atom is -0.494 e. The van der Waals surface area contributed by atoms with Crippen LogP contribution in [-0.2, 0) is 4.79 Å². The molecule has 0 unspecified atom stereocenters. The van der Waals surface area contributed by atoms with Crippen molar-refractivity contribution >= 4 is 5.91 Å². The first-order valence-electron chi connectivity index (χ1n) is 6.35. The summed E-state index contributed by atoms with van der Waals surface area (Å²) >= 11 is 0. The van der Waals surface area contributed by atoms with Crippen LogP contribution in [-0.4, -0.2) is 32.1 Å². The summed E-state index contributed by atoms with van der Waals surface area (Å²) in [6.45, 7) is 2.02. The van der Waals surface area contributed by atoms with Gasteiger partial charge in [-0.15, -0.1) is 0 Å². The Balaban J connectivity index is 1.94. The number of hydrogen-bond acceptors (Lipinski definition) is 4. The highest BCUT2D eigenvalue weighted by molar-refractivity contribution is 5.77. The minimum atomic E-state index is -0.0840. The molecule has 1 aromatic rings. The lowest BCUT2D eigenvalue weighted by atomic mass is 10.3. The largest absolute Gasteiger partial charge is 0.494 e. The number of carbonyl (C=O) groups is 1. The van der Waals surface area contributed by atoms with Crippen LogP contribution in [0.25, 0.3) is 0 Å². The number of amides is 1. The van der Waals surface area contributed by atoms with E-state index < -0.39 is 0 Å². The molecule has 1 amide bonds. The first kappa shape index (κ1) is 15.0. The molecule has 102 valence electrons. The summed E-state index contributed by atoms with van der Waals surface area (Å²) in [6, 6.07) is 11.6. The maximum absolute atomic E-state index is 11.3. The van der Waals surface area contributed by atoms with E-state index in [1.54, 1.807) is 0 Å². The molecule has 0 aliphatic carbocycles. The number of rotatable bonds is 9. The second kappa shape index (κ2) is 9.92. The molecule has 0 aromatic heterocycles. The van der Waals surface area contributed by atoms with Gasteiger partial charge in [0.1, 0.15) is 5.75 Å². The first-order chi connectivity index (χ1) is 9.33. The van der Waals surface area contributed by atoms with Crippen molar-refractivity contribution in [3.63, 3.8) is 0 Å². The molecule has 0 aliphatic rings. The van der Waals surface area contributed by atoms with Crippen LogP contribution in [0.5, 0.6) is 5.75 Å². The Kier molecular flexibility index (Phi) is 7.83. The zero-order chi connectivity index (χ0) is 13.8. The van der Waals surface area contributed by atoms with Crippen molar-refractivity contribution in [3.8, 4) is 11.8 Å². The number of ether oxygens (including phenoxy) is 1. The summed E-state index contributed by atoms with van der Waals surface area (Å²) in [5, 5.41) is 14.0. The summed E-state index contributed by atoms with van der Waals surface area (Å²) in [5.74, 6) is 0.774. The van der Waals surface area contributed by atoms with Crippen molar-refractivity contribution in [1.82, 2.24) is 10.6 Å². The molecule has 1 aromatic carbocycles. The van der Waals surface area contributed by atoms with Gasteiger partial charge in [0.25, 0.3) is 0 Å². The van der Waals surface area contributed by atoms with Gasteiger partial charge < -0.3 is 15.4 Å². The summed E-state index contributed by atoms with van der Waals surface area (Å²) in [6.07, 6.45) is 1.18. The second-order valence-corrected chi connectivity index (χ2v) is 3.95.